The van der Waals surface area contributed by atoms with Gasteiger partial charge in [0, 0.05) is 19.5 Å². The first-order chi connectivity index (χ1) is 6.84. The summed E-state index contributed by atoms with van der Waals surface area (Å²) >= 11 is 0. The number of nitriles is 1. The van der Waals surface area contributed by atoms with Gasteiger partial charge < -0.3 is 5.32 Å². The molecule has 2 heteroatoms. The molecule has 74 valence electrons. The summed E-state index contributed by atoms with van der Waals surface area (Å²) in [6, 6.07) is 12.5. The monoisotopic (exact) mass is 188 g/mol. The number of nitrogens with one attached hydrogen (secondary N) is 1. The Bertz CT molecular complexity index is 287. The van der Waals surface area contributed by atoms with E-state index in [2.05, 4.69) is 42.6 Å². The van der Waals surface area contributed by atoms with Crippen LogP contribution in [0.25, 0.3) is 0 Å². The Kier molecular flexibility index (Phi) is 4.74. The highest BCUT2D eigenvalue weighted by atomic mass is 14.8. The first kappa shape index (κ1) is 10.7. The highest BCUT2D eigenvalue weighted by Gasteiger charge is 2.02. The fourth-order valence-corrected chi connectivity index (χ4v) is 1.36. The van der Waals surface area contributed by atoms with Crippen LogP contribution in [0.5, 0.6) is 0 Å². The van der Waals surface area contributed by atoms with E-state index < -0.39 is 0 Å². The molecular weight excluding hydrogens is 172 g/mol. The average Bonchev–Trinajstić information content (AvgIpc) is 2.25. The molecule has 0 aliphatic carbocycles. The third-order valence-electron chi connectivity index (χ3n) is 2.23. The van der Waals surface area contributed by atoms with Gasteiger partial charge in [-0.1, -0.05) is 37.3 Å². The molecule has 0 bridgehead atoms. The van der Waals surface area contributed by atoms with Crippen molar-refractivity contribution in [2.45, 2.75) is 19.3 Å². The maximum Gasteiger partial charge on any atom is 0.0635 e. The van der Waals surface area contributed by atoms with E-state index in [9.17, 15) is 0 Å². The summed E-state index contributed by atoms with van der Waals surface area (Å²) in [5.74, 6) is 0.509. The van der Waals surface area contributed by atoms with Gasteiger partial charge in [-0.15, -0.1) is 0 Å². The molecule has 0 fully saturated rings. The van der Waals surface area contributed by atoms with Gasteiger partial charge in [0.2, 0.25) is 0 Å². The van der Waals surface area contributed by atoms with Crippen LogP contribution < -0.4 is 5.32 Å². The lowest BCUT2D eigenvalue weighted by Crippen LogP contribution is -2.20. The van der Waals surface area contributed by atoms with E-state index in [4.69, 9.17) is 5.26 Å². The molecule has 0 aliphatic rings. The molecule has 0 heterocycles. The van der Waals surface area contributed by atoms with Crippen LogP contribution in [0.1, 0.15) is 24.8 Å². The van der Waals surface area contributed by atoms with Crippen LogP contribution in [0.2, 0.25) is 0 Å². The van der Waals surface area contributed by atoms with E-state index in [1.807, 2.05) is 6.07 Å². The third kappa shape index (κ3) is 3.59. The number of nitrogens with zero attached hydrogens (tertiary/aromatic N) is 1. The molecular formula is C12H16N2. The lowest BCUT2D eigenvalue weighted by atomic mass is 10.0. The smallest absolute Gasteiger partial charge is 0.0635 e. The zero-order valence-corrected chi connectivity index (χ0v) is 8.53. The zero-order valence-electron chi connectivity index (χ0n) is 8.53. The topological polar surface area (TPSA) is 35.8 Å². The van der Waals surface area contributed by atoms with Gasteiger partial charge in [0.1, 0.15) is 0 Å². The van der Waals surface area contributed by atoms with Crippen LogP contribution in [0.15, 0.2) is 30.3 Å². The summed E-state index contributed by atoms with van der Waals surface area (Å²) in [6.45, 7) is 3.91. The van der Waals surface area contributed by atoms with Crippen LogP contribution in [-0.2, 0) is 0 Å². The SMILES string of the molecule is CC(CNCCC#N)c1ccccc1. The van der Waals surface area contributed by atoms with Crippen LogP contribution in [0.4, 0.5) is 0 Å². The van der Waals surface area contributed by atoms with Gasteiger partial charge in [-0.2, -0.15) is 5.26 Å². The standard InChI is InChI=1S/C12H16N2/c1-11(10-14-9-5-8-13)12-6-3-2-4-7-12/h2-4,6-7,11,14H,5,9-10H2,1H3. The fraction of sp³-hybridized carbons (Fsp3) is 0.417. The Labute approximate surface area is 85.6 Å². The molecule has 1 unspecified atom stereocenters. The van der Waals surface area contributed by atoms with Crippen molar-refractivity contribution in [2.75, 3.05) is 13.1 Å². The van der Waals surface area contributed by atoms with Crippen molar-refractivity contribution in [1.29, 1.82) is 5.26 Å². The minimum Gasteiger partial charge on any atom is -0.315 e. The maximum atomic E-state index is 8.36. The third-order valence-corrected chi connectivity index (χ3v) is 2.23. The molecule has 0 saturated carbocycles. The number of rotatable bonds is 5. The molecule has 0 radical (unpaired) electrons. The molecule has 2 nitrogen and oxygen atoms in total. The summed E-state index contributed by atoms with van der Waals surface area (Å²) in [4.78, 5) is 0. The molecule has 1 aromatic carbocycles. The van der Waals surface area contributed by atoms with Crippen molar-refractivity contribution in [3.63, 3.8) is 0 Å². The van der Waals surface area contributed by atoms with E-state index >= 15 is 0 Å². The van der Waals surface area contributed by atoms with Gasteiger partial charge in [0.05, 0.1) is 6.07 Å². The molecule has 0 aromatic heterocycles. The van der Waals surface area contributed by atoms with E-state index in [1.165, 1.54) is 5.56 Å². The minimum absolute atomic E-state index is 0.509. The molecule has 0 saturated heterocycles. The number of hydrogen-bond acceptors (Lipinski definition) is 2. The minimum atomic E-state index is 0.509. The second-order valence-electron chi connectivity index (χ2n) is 3.42. The van der Waals surface area contributed by atoms with Gasteiger partial charge >= 0.3 is 0 Å². The lowest BCUT2D eigenvalue weighted by Gasteiger charge is -2.11. The van der Waals surface area contributed by atoms with Crippen molar-refractivity contribution >= 4 is 0 Å². The van der Waals surface area contributed by atoms with Gasteiger partial charge in [-0.25, -0.2) is 0 Å². The van der Waals surface area contributed by atoms with Gasteiger partial charge in [-0.3, -0.25) is 0 Å². The normalized spacial score (nSPS) is 12.0. The second-order valence-corrected chi connectivity index (χ2v) is 3.42. The predicted molar refractivity (Wildman–Crippen MR) is 58.0 cm³/mol. The first-order valence-electron chi connectivity index (χ1n) is 4.97. The maximum absolute atomic E-state index is 8.36. The Morgan fingerprint density at radius 2 is 2.07 bits per heavy atom. The van der Waals surface area contributed by atoms with Gasteiger partial charge in [-0.05, 0) is 11.5 Å². The molecule has 0 spiro atoms. The van der Waals surface area contributed by atoms with Crippen molar-refractivity contribution in [1.82, 2.24) is 5.32 Å². The summed E-state index contributed by atoms with van der Waals surface area (Å²) in [7, 11) is 0. The van der Waals surface area contributed by atoms with E-state index in [-0.39, 0.29) is 0 Å². The fourth-order valence-electron chi connectivity index (χ4n) is 1.36. The largest absolute Gasteiger partial charge is 0.315 e. The quantitative estimate of drug-likeness (QED) is 0.720. The highest BCUT2D eigenvalue weighted by Crippen LogP contribution is 2.12. The summed E-state index contributed by atoms with van der Waals surface area (Å²) in [6.07, 6.45) is 0.585. The summed E-state index contributed by atoms with van der Waals surface area (Å²) < 4.78 is 0. The van der Waals surface area contributed by atoms with Crippen LogP contribution in [0.3, 0.4) is 0 Å². The van der Waals surface area contributed by atoms with Gasteiger partial charge in [0.15, 0.2) is 0 Å². The Morgan fingerprint density at radius 3 is 2.71 bits per heavy atom. The first-order valence-corrected chi connectivity index (χ1v) is 4.97. The summed E-state index contributed by atoms with van der Waals surface area (Å²) in [5.41, 5.74) is 1.34. The number of hydrogen-bond donors (Lipinski definition) is 1. The van der Waals surface area contributed by atoms with Crippen molar-refractivity contribution in [3.05, 3.63) is 35.9 Å². The molecule has 0 aliphatic heterocycles. The van der Waals surface area contributed by atoms with Crippen LogP contribution >= 0.6 is 0 Å². The molecule has 1 N–H and O–H groups in total. The number of benzene rings is 1. The molecule has 0 amide bonds. The van der Waals surface area contributed by atoms with Crippen LogP contribution in [-0.4, -0.2) is 13.1 Å². The van der Waals surface area contributed by atoms with Crippen molar-refractivity contribution in [2.24, 2.45) is 0 Å². The average molecular weight is 188 g/mol. The van der Waals surface area contributed by atoms with Crippen LogP contribution in [0, 0.1) is 11.3 Å². The molecule has 1 atom stereocenters. The second kappa shape index (κ2) is 6.17. The van der Waals surface area contributed by atoms with E-state index in [0.717, 1.165) is 13.1 Å². The van der Waals surface area contributed by atoms with Gasteiger partial charge in [0.25, 0.3) is 0 Å². The highest BCUT2D eigenvalue weighted by molar-refractivity contribution is 5.18. The molecule has 14 heavy (non-hydrogen) atoms. The molecule has 1 aromatic rings. The van der Waals surface area contributed by atoms with E-state index in [0.29, 0.717) is 12.3 Å². The van der Waals surface area contributed by atoms with Crippen molar-refractivity contribution < 1.29 is 0 Å². The molecule has 1 rings (SSSR count). The van der Waals surface area contributed by atoms with E-state index in [1.54, 1.807) is 0 Å². The summed E-state index contributed by atoms with van der Waals surface area (Å²) in [5, 5.41) is 11.6. The van der Waals surface area contributed by atoms with Crippen molar-refractivity contribution in [3.8, 4) is 6.07 Å². The Hall–Kier alpha value is -1.33. The Balaban J connectivity index is 2.29. The Morgan fingerprint density at radius 1 is 1.36 bits per heavy atom. The predicted octanol–water partition coefficient (Wildman–Crippen LogP) is 2.29. The lowest BCUT2D eigenvalue weighted by molar-refractivity contribution is 0.621. The zero-order chi connectivity index (χ0) is 10.2.